The second-order valence-electron chi connectivity index (χ2n) is 20.4. The summed E-state index contributed by atoms with van der Waals surface area (Å²) in [5.74, 6) is 0. The van der Waals surface area contributed by atoms with Crippen molar-refractivity contribution in [2.24, 2.45) is 0 Å². The van der Waals surface area contributed by atoms with Crippen molar-refractivity contribution in [3.63, 3.8) is 0 Å². The molecule has 1 N–H and O–H groups in total. The summed E-state index contributed by atoms with van der Waals surface area (Å²) in [5, 5.41) is 23.2. The molecule has 16 rings (SSSR count). The minimum Gasteiger partial charge on any atom is -0.450 e. The van der Waals surface area contributed by atoms with E-state index >= 15 is 0 Å². The fourth-order valence-corrected chi connectivity index (χ4v) is 12.4. The number of rotatable bonds is 6. The van der Waals surface area contributed by atoms with E-state index in [-0.39, 0.29) is 0 Å². The lowest BCUT2D eigenvalue weighted by Crippen LogP contribution is -2.11. The number of para-hydroxylation sites is 3. The molecule has 5 heteroatoms. The molecule has 0 atom stereocenters. The third-order valence-electron chi connectivity index (χ3n) is 15.7. The highest BCUT2D eigenvalue weighted by atomic mass is 79.9. The number of hydrogen-bond donors (Lipinski definition) is 1. The average molecular weight is 1100 g/mol. The van der Waals surface area contributed by atoms with Crippen molar-refractivity contribution in [1.29, 1.82) is 0 Å². The van der Waals surface area contributed by atoms with Gasteiger partial charge in [-0.05, 0) is 143 Å². The molecule has 0 saturated heterocycles. The Bertz CT molecular complexity index is 4900. The number of hydrogen-bond acceptors (Lipinski definition) is 1. The van der Waals surface area contributed by atoms with Crippen molar-refractivity contribution in [1.82, 2.24) is 9.13 Å². The van der Waals surface area contributed by atoms with Gasteiger partial charge in [0.1, 0.15) is 17.7 Å². The lowest BCUT2D eigenvalue weighted by atomic mass is 9.87. The molecule has 1 aliphatic rings. The monoisotopic (exact) mass is 1100 g/mol. The summed E-state index contributed by atoms with van der Waals surface area (Å²) < 4.78 is 5.82. The molecule has 0 fully saturated rings. The molecule has 0 amide bonds. The van der Waals surface area contributed by atoms with Crippen LogP contribution in [0.25, 0.3) is 133 Å². The molecule has 1 aliphatic carbocycles. The van der Waals surface area contributed by atoms with Gasteiger partial charge in [-0.3, -0.25) is 4.57 Å². The molecule has 0 spiro atoms. The van der Waals surface area contributed by atoms with Crippen LogP contribution in [0.3, 0.4) is 0 Å². The van der Waals surface area contributed by atoms with E-state index in [1.165, 1.54) is 115 Å². The van der Waals surface area contributed by atoms with E-state index in [9.17, 15) is 0 Å². The summed E-state index contributed by atoms with van der Waals surface area (Å²) in [6, 6.07) is 99.0. The Morgan fingerprint density at radius 3 is 1.44 bits per heavy atom. The average Bonchev–Trinajstić information content (AvgIpc) is 4.30. The predicted molar refractivity (Wildman–Crippen MR) is 349 cm³/mol. The van der Waals surface area contributed by atoms with Gasteiger partial charge in [0.15, 0.2) is 5.69 Å². The highest BCUT2D eigenvalue weighted by Crippen LogP contribution is 2.40. The van der Waals surface area contributed by atoms with Crippen LogP contribution in [0.2, 0.25) is 0 Å². The maximum Gasteiger partial charge on any atom is 0.326 e. The van der Waals surface area contributed by atoms with E-state index in [0.29, 0.717) is 0 Å². The first-order valence-electron chi connectivity index (χ1n) is 27.3. The first-order valence-corrected chi connectivity index (χ1v) is 28.1. The summed E-state index contributed by atoms with van der Waals surface area (Å²) >= 11 is 3.62. The zero-order valence-corrected chi connectivity index (χ0v) is 45.7. The normalized spacial score (nSPS) is 11.6. The first-order chi connectivity index (χ1) is 40.1. The molecule has 13 aromatic carbocycles. The molecule has 0 aliphatic heterocycles. The minimum absolute atomic E-state index is 0.801. The van der Waals surface area contributed by atoms with Crippen LogP contribution in [0, 0.1) is 6.08 Å². The van der Waals surface area contributed by atoms with E-state index in [1.54, 1.807) is 0 Å². The van der Waals surface area contributed by atoms with Crippen LogP contribution in [-0.2, 0) is 0 Å². The van der Waals surface area contributed by atoms with Crippen LogP contribution >= 0.6 is 15.9 Å². The zero-order valence-electron chi connectivity index (χ0n) is 44.1. The smallest absolute Gasteiger partial charge is 0.326 e. The quantitative estimate of drug-likeness (QED) is 0.100. The number of nitrogens with zero attached hydrogens (tertiary/aromatic N) is 2. The van der Waals surface area contributed by atoms with E-state index < -0.39 is 0 Å². The fourth-order valence-electron chi connectivity index (χ4n) is 11.9. The Labute approximate surface area is 479 Å². The molecule has 2 aromatic heterocycles. The molecule has 0 unspecified atom stereocenters. The van der Waals surface area contributed by atoms with E-state index in [2.05, 4.69) is 292 Å². The first kappa shape index (κ1) is 49.4. The molecule has 379 valence electrons. The molecular weight excluding hydrogens is 1050 g/mol. The molecular formula is C76H50BBrN2O+. The van der Waals surface area contributed by atoms with Gasteiger partial charge >= 0.3 is 7.48 Å². The SMILES string of the molecule is Brc1cc2ccccc2c2ccccc12.O[B]c1ccc(-c2ccc3c(c2)c2c(n3-c3ccccc3)C=C[C+]=C2)cc1.c1ccc(-n2c3ccccc3c3cc(-c4ccc(-c5cc6ccccc6c6ccccc56)cc4)ccc32)cc1. The zero-order chi connectivity index (χ0) is 54.2. The third kappa shape index (κ3) is 9.20. The van der Waals surface area contributed by atoms with Crippen LogP contribution in [0.15, 0.2) is 290 Å². The number of fused-ring (bicyclic) bond motifs is 12. The predicted octanol–water partition coefficient (Wildman–Crippen LogP) is 19.6. The lowest BCUT2D eigenvalue weighted by Gasteiger charge is -2.12. The van der Waals surface area contributed by atoms with Gasteiger partial charge in [-0.25, -0.2) is 0 Å². The Balaban J connectivity index is 0.000000121. The number of benzene rings is 13. The Hall–Kier alpha value is -9.87. The van der Waals surface area contributed by atoms with Crippen LogP contribution in [0.1, 0.15) is 11.3 Å². The summed E-state index contributed by atoms with van der Waals surface area (Å²) in [5.41, 5.74) is 16.4. The third-order valence-corrected chi connectivity index (χ3v) is 16.4. The van der Waals surface area contributed by atoms with Crippen molar-refractivity contribution >= 4 is 117 Å². The highest BCUT2D eigenvalue weighted by molar-refractivity contribution is 9.10. The second kappa shape index (κ2) is 21.4. The van der Waals surface area contributed by atoms with Gasteiger partial charge in [0.25, 0.3) is 0 Å². The Morgan fingerprint density at radius 2 is 0.802 bits per heavy atom. The van der Waals surface area contributed by atoms with E-state index in [0.717, 1.165) is 34.2 Å². The van der Waals surface area contributed by atoms with Crippen molar-refractivity contribution in [3.8, 4) is 44.8 Å². The summed E-state index contributed by atoms with van der Waals surface area (Å²) in [7, 11) is 1.12. The molecule has 3 nitrogen and oxygen atoms in total. The van der Waals surface area contributed by atoms with Crippen LogP contribution < -0.4 is 5.46 Å². The van der Waals surface area contributed by atoms with Gasteiger partial charge < -0.3 is 9.59 Å². The maximum atomic E-state index is 9.14. The largest absolute Gasteiger partial charge is 0.450 e. The molecule has 0 bridgehead atoms. The van der Waals surface area contributed by atoms with Gasteiger partial charge in [-0.15, -0.1) is 0 Å². The summed E-state index contributed by atoms with van der Waals surface area (Å²) in [4.78, 5) is 0. The van der Waals surface area contributed by atoms with E-state index in [1.807, 2.05) is 36.4 Å². The molecule has 1 radical (unpaired) electrons. The number of halogens is 1. The molecule has 0 saturated carbocycles. The minimum atomic E-state index is 0.801. The Morgan fingerprint density at radius 1 is 0.346 bits per heavy atom. The summed E-state index contributed by atoms with van der Waals surface area (Å²) in [6.45, 7) is 0. The fraction of sp³-hybridized carbons (Fsp3) is 0. The van der Waals surface area contributed by atoms with Crippen molar-refractivity contribution in [2.45, 2.75) is 0 Å². The Kier molecular flexibility index (Phi) is 13.1. The van der Waals surface area contributed by atoms with Gasteiger partial charge in [0, 0.05) is 32.7 Å². The highest BCUT2D eigenvalue weighted by Gasteiger charge is 2.24. The number of allylic oxidation sites excluding steroid dienone is 2. The van der Waals surface area contributed by atoms with Gasteiger partial charge in [0.2, 0.25) is 0 Å². The van der Waals surface area contributed by atoms with Gasteiger partial charge in [0.05, 0.1) is 28.0 Å². The maximum absolute atomic E-state index is 9.14. The lowest BCUT2D eigenvalue weighted by molar-refractivity contribution is 0.615. The van der Waals surface area contributed by atoms with Crippen LogP contribution in [0.4, 0.5) is 0 Å². The van der Waals surface area contributed by atoms with Crippen molar-refractivity contribution < 1.29 is 5.02 Å². The second-order valence-corrected chi connectivity index (χ2v) is 21.3. The molecule has 81 heavy (non-hydrogen) atoms. The van der Waals surface area contributed by atoms with Gasteiger partial charge in [-0.2, -0.15) is 0 Å². The topological polar surface area (TPSA) is 30.1 Å². The van der Waals surface area contributed by atoms with Gasteiger partial charge in [-0.1, -0.05) is 234 Å². The summed E-state index contributed by atoms with van der Waals surface area (Å²) in [6.07, 6.45) is 9.36. The van der Waals surface area contributed by atoms with Crippen molar-refractivity contribution in [2.75, 3.05) is 0 Å². The van der Waals surface area contributed by atoms with Crippen LogP contribution in [-0.4, -0.2) is 21.6 Å². The van der Waals surface area contributed by atoms with Crippen LogP contribution in [0.5, 0.6) is 0 Å². The molecule has 15 aromatic rings. The van der Waals surface area contributed by atoms with Crippen molar-refractivity contribution in [3.05, 3.63) is 307 Å². The molecule has 2 heterocycles. The number of aromatic nitrogens is 2. The standard InChI is InChI=1S/C38H25N.C24H16BNO.C14H9Br/c1-2-11-30(12-3-1)39-37-17-9-8-16-34(37)36-24-28(22-23-38(36)39)26-18-20-27(21-19-26)35-25-29-10-4-5-13-31(29)32-14-6-7-15-33(32)35;27-25-19-13-10-17(11-14-19)18-12-15-24-22(16-18)21-8-4-5-9-23(21)26(24)20-6-2-1-3-7-20;15-14-9-10-5-1-2-6-11(10)12-7-3-4-8-13(12)14/h1-25H;1-3,5-16,27H;1-9H/q;+1;. The van der Waals surface area contributed by atoms with E-state index in [4.69, 9.17) is 5.02 Å².